The van der Waals surface area contributed by atoms with Gasteiger partial charge in [-0.1, -0.05) is 0 Å². The van der Waals surface area contributed by atoms with Crippen LogP contribution in [0.2, 0.25) is 0 Å². The van der Waals surface area contributed by atoms with Gasteiger partial charge < -0.3 is 15.8 Å². The van der Waals surface area contributed by atoms with Crippen molar-refractivity contribution < 1.29 is 14.3 Å². The van der Waals surface area contributed by atoms with Gasteiger partial charge in [-0.3, -0.25) is 9.78 Å². The maximum absolute atomic E-state index is 11.6. The number of rotatable bonds is 3. The highest BCUT2D eigenvalue weighted by Gasteiger charge is 2.23. The van der Waals surface area contributed by atoms with Crippen LogP contribution in [-0.4, -0.2) is 22.6 Å². The fourth-order valence-electron chi connectivity index (χ4n) is 1.30. The second-order valence-corrected chi connectivity index (χ2v) is 4.76. The fraction of sp³-hybridized carbons (Fsp3) is 0.417. The molecule has 0 fully saturated rings. The van der Waals surface area contributed by atoms with E-state index in [0.717, 1.165) is 0 Å². The Bertz CT molecular complexity index is 426. The van der Waals surface area contributed by atoms with E-state index in [1.807, 2.05) is 0 Å². The van der Waals surface area contributed by atoms with Crippen molar-refractivity contribution in [3.8, 4) is 0 Å². The minimum Gasteiger partial charge on any atom is -0.444 e. The normalized spacial score (nSPS) is 12.6. The summed E-state index contributed by atoms with van der Waals surface area (Å²) in [5, 5.41) is 2.43. The number of ether oxygens (including phenoxy) is 1. The van der Waals surface area contributed by atoms with Gasteiger partial charge in [-0.05, 0) is 38.5 Å². The minimum absolute atomic E-state index is 0.559. The van der Waals surface area contributed by atoms with Crippen molar-refractivity contribution in [1.82, 2.24) is 10.3 Å². The van der Waals surface area contributed by atoms with Gasteiger partial charge in [0.15, 0.2) is 0 Å². The minimum atomic E-state index is -0.928. The zero-order chi connectivity index (χ0) is 13.8. The third-order valence-corrected chi connectivity index (χ3v) is 1.99. The predicted molar refractivity (Wildman–Crippen MR) is 65.5 cm³/mol. The Balaban J connectivity index is 2.77. The number of nitrogens with zero attached hydrogens (tertiary/aromatic N) is 1. The van der Waals surface area contributed by atoms with Gasteiger partial charge in [0.1, 0.15) is 11.6 Å². The zero-order valence-electron chi connectivity index (χ0n) is 10.6. The summed E-state index contributed by atoms with van der Waals surface area (Å²) in [5.41, 5.74) is 5.18. The molecule has 1 atom stereocenters. The van der Waals surface area contributed by atoms with Crippen LogP contribution in [0.1, 0.15) is 32.4 Å². The smallest absolute Gasteiger partial charge is 0.408 e. The van der Waals surface area contributed by atoms with Gasteiger partial charge >= 0.3 is 6.09 Å². The van der Waals surface area contributed by atoms with Crippen molar-refractivity contribution in [2.24, 2.45) is 5.73 Å². The standard InChI is InChI=1S/C12H17N3O3/c1-12(2,3)18-11(17)15-9(10(13)16)8-4-6-14-7-5-8/h4-7,9H,1-3H3,(H2,13,16)(H,15,17). The van der Waals surface area contributed by atoms with Crippen LogP contribution in [0.3, 0.4) is 0 Å². The number of carbonyl (C=O) groups excluding carboxylic acids is 2. The average molecular weight is 251 g/mol. The van der Waals surface area contributed by atoms with E-state index >= 15 is 0 Å². The van der Waals surface area contributed by atoms with Crippen LogP contribution in [-0.2, 0) is 9.53 Å². The summed E-state index contributed by atoms with van der Waals surface area (Å²) >= 11 is 0. The molecule has 0 radical (unpaired) electrons. The summed E-state index contributed by atoms with van der Waals surface area (Å²) in [5.74, 6) is -0.660. The lowest BCUT2D eigenvalue weighted by molar-refractivity contribution is -0.120. The second kappa shape index (κ2) is 5.48. The van der Waals surface area contributed by atoms with Gasteiger partial charge in [-0.25, -0.2) is 4.79 Å². The van der Waals surface area contributed by atoms with Crippen molar-refractivity contribution in [3.05, 3.63) is 30.1 Å². The number of nitrogens with two attached hydrogens (primary N) is 1. The highest BCUT2D eigenvalue weighted by molar-refractivity contribution is 5.85. The van der Waals surface area contributed by atoms with Gasteiger partial charge in [0, 0.05) is 12.4 Å². The van der Waals surface area contributed by atoms with Crippen molar-refractivity contribution in [3.63, 3.8) is 0 Å². The molecule has 98 valence electrons. The summed E-state index contributed by atoms with van der Waals surface area (Å²) in [4.78, 5) is 26.8. The summed E-state index contributed by atoms with van der Waals surface area (Å²) in [6.07, 6.45) is 2.34. The highest BCUT2D eigenvalue weighted by Crippen LogP contribution is 2.13. The Labute approximate surface area is 106 Å². The topological polar surface area (TPSA) is 94.3 Å². The molecule has 0 spiro atoms. The molecule has 1 aromatic heterocycles. The molecule has 3 N–H and O–H groups in total. The number of nitrogens with one attached hydrogen (secondary N) is 1. The molecular weight excluding hydrogens is 234 g/mol. The predicted octanol–water partition coefficient (Wildman–Crippen LogP) is 1.13. The van der Waals surface area contributed by atoms with E-state index < -0.39 is 23.6 Å². The highest BCUT2D eigenvalue weighted by atomic mass is 16.6. The first-order valence-electron chi connectivity index (χ1n) is 5.48. The molecule has 0 bridgehead atoms. The third kappa shape index (κ3) is 4.40. The van der Waals surface area contributed by atoms with Crippen molar-refractivity contribution in [1.29, 1.82) is 0 Å². The molecule has 0 aromatic carbocycles. The van der Waals surface area contributed by atoms with E-state index in [1.54, 1.807) is 32.9 Å². The molecule has 6 nitrogen and oxygen atoms in total. The van der Waals surface area contributed by atoms with Crippen LogP contribution < -0.4 is 11.1 Å². The molecule has 18 heavy (non-hydrogen) atoms. The number of amides is 2. The fourth-order valence-corrected chi connectivity index (χ4v) is 1.30. The first kappa shape index (κ1) is 14.0. The van der Waals surface area contributed by atoms with Crippen LogP contribution in [0.4, 0.5) is 4.79 Å². The Kier molecular flexibility index (Phi) is 4.25. The van der Waals surface area contributed by atoms with E-state index in [1.165, 1.54) is 12.4 Å². The number of aromatic nitrogens is 1. The Morgan fingerprint density at radius 1 is 1.33 bits per heavy atom. The van der Waals surface area contributed by atoms with Gasteiger partial charge in [-0.15, -0.1) is 0 Å². The molecular formula is C12H17N3O3. The van der Waals surface area contributed by atoms with Gasteiger partial charge in [-0.2, -0.15) is 0 Å². The lowest BCUT2D eigenvalue weighted by Crippen LogP contribution is -2.40. The van der Waals surface area contributed by atoms with E-state index in [2.05, 4.69) is 10.3 Å². The number of primary amides is 1. The van der Waals surface area contributed by atoms with Gasteiger partial charge in [0.25, 0.3) is 0 Å². The van der Waals surface area contributed by atoms with Crippen LogP contribution >= 0.6 is 0 Å². The number of hydrogen-bond donors (Lipinski definition) is 2. The maximum Gasteiger partial charge on any atom is 0.408 e. The Hall–Kier alpha value is -2.11. The summed E-state index contributed by atoms with van der Waals surface area (Å²) in [6, 6.07) is 2.28. The molecule has 0 aliphatic heterocycles. The summed E-state index contributed by atoms with van der Waals surface area (Å²) in [7, 11) is 0. The number of hydrogen-bond acceptors (Lipinski definition) is 4. The molecule has 1 unspecified atom stereocenters. The van der Waals surface area contributed by atoms with E-state index in [0.29, 0.717) is 5.56 Å². The van der Waals surface area contributed by atoms with Gasteiger partial charge in [0.05, 0.1) is 0 Å². The number of alkyl carbamates (subject to hydrolysis) is 1. The first-order valence-corrected chi connectivity index (χ1v) is 5.48. The maximum atomic E-state index is 11.6. The van der Waals surface area contributed by atoms with E-state index in [4.69, 9.17) is 10.5 Å². The quantitative estimate of drug-likeness (QED) is 0.842. The second-order valence-electron chi connectivity index (χ2n) is 4.76. The lowest BCUT2D eigenvalue weighted by atomic mass is 10.1. The van der Waals surface area contributed by atoms with Crippen LogP contribution in [0, 0.1) is 0 Å². The van der Waals surface area contributed by atoms with Crippen molar-refractivity contribution in [2.45, 2.75) is 32.4 Å². The molecule has 6 heteroatoms. The molecule has 2 amide bonds. The molecule has 1 aromatic rings. The molecule has 1 heterocycles. The van der Waals surface area contributed by atoms with Crippen LogP contribution in [0.25, 0.3) is 0 Å². The summed E-state index contributed by atoms with van der Waals surface area (Å²) < 4.78 is 5.07. The molecule has 0 aliphatic carbocycles. The molecule has 0 saturated carbocycles. The van der Waals surface area contributed by atoms with E-state index in [9.17, 15) is 9.59 Å². The number of carbonyl (C=O) groups is 2. The monoisotopic (exact) mass is 251 g/mol. The Morgan fingerprint density at radius 2 is 1.89 bits per heavy atom. The largest absolute Gasteiger partial charge is 0.444 e. The Morgan fingerprint density at radius 3 is 2.33 bits per heavy atom. The molecule has 0 aliphatic rings. The number of pyridine rings is 1. The van der Waals surface area contributed by atoms with Crippen molar-refractivity contribution in [2.75, 3.05) is 0 Å². The van der Waals surface area contributed by atoms with Gasteiger partial charge in [0.2, 0.25) is 5.91 Å². The van der Waals surface area contributed by atoms with Crippen molar-refractivity contribution >= 4 is 12.0 Å². The SMILES string of the molecule is CC(C)(C)OC(=O)NC(C(N)=O)c1ccncc1. The van der Waals surface area contributed by atoms with Crippen LogP contribution in [0.15, 0.2) is 24.5 Å². The first-order chi connectivity index (χ1) is 8.29. The average Bonchev–Trinajstić information content (AvgIpc) is 2.24. The molecule has 1 rings (SSSR count). The van der Waals surface area contributed by atoms with E-state index in [-0.39, 0.29) is 0 Å². The molecule has 0 saturated heterocycles. The lowest BCUT2D eigenvalue weighted by Gasteiger charge is -2.22. The zero-order valence-corrected chi connectivity index (χ0v) is 10.6. The third-order valence-electron chi connectivity index (χ3n) is 1.99. The summed E-state index contributed by atoms with van der Waals surface area (Å²) in [6.45, 7) is 5.20. The van der Waals surface area contributed by atoms with Crippen LogP contribution in [0.5, 0.6) is 0 Å².